The third-order valence-electron chi connectivity index (χ3n) is 2.17. The topological polar surface area (TPSA) is 12.4 Å². The lowest BCUT2D eigenvalue weighted by Gasteiger charge is -2.29. The summed E-state index contributed by atoms with van der Waals surface area (Å²) in [6.07, 6.45) is 2.46. The van der Waals surface area contributed by atoms with Crippen LogP contribution in [0.3, 0.4) is 0 Å². The van der Waals surface area contributed by atoms with E-state index < -0.39 is 0 Å². The summed E-state index contributed by atoms with van der Waals surface area (Å²) in [5.41, 5.74) is 1.83. The summed E-state index contributed by atoms with van der Waals surface area (Å²) >= 11 is 1.72. The van der Waals surface area contributed by atoms with Crippen LogP contribution >= 0.6 is 11.9 Å². The van der Waals surface area contributed by atoms with Crippen molar-refractivity contribution in [1.82, 2.24) is 0 Å². The fourth-order valence-corrected chi connectivity index (χ4v) is 2.19. The van der Waals surface area contributed by atoms with Gasteiger partial charge in [0.15, 0.2) is 0 Å². The molecule has 0 fully saturated rings. The van der Waals surface area contributed by atoms with Crippen LogP contribution in [0.5, 0.6) is 0 Å². The standard InChI is InChI=1S/C8H15NS/c1-4-8(3)5-7(2)9-10-6-8/h4-6H2,1-3H3. The third-order valence-corrected chi connectivity index (χ3v) is 3.44. The average Bonchev–Trinajstić information content (AvgIpc) is 1.88. The Balaban J connectivity index is 2.60. The van der Waals surface area contributed by atoms with Gasteiger partial charge >= 0.3 is 0 Å². The van der Waals surface area contributed by atoms with E-state index in [1.165, 1.54) is 24.3 Å². The number of nitrogens with zero attached hydrogens (tertiary/aromatic N) is 1. The van der Waals surface area contributed by atoms with Crippen LogP contribution in [0, 0.1) is 5.41 Å². The molecule has 1 aliphatic rings. The molecule has 10 heavy (non-hydrogen) atoms. The first-order chi connectivity index (χ1) is 4.66. The maximum absolute atomic E-state index is 4.31. The fraction of sp³-hybridized carbons (Fsp3) is 0.875. The largest absolute Gasteiger partial charge is 0.226 e. The Kier molecular flexibility index (Phi) is 2.40. The first kappa shape index (κ1) is 8.12. The summed E-state index contributed by atoms with van der Waals surface area (Å²) in [5.74, 6) is 1.20. The van der Waals surface area contributed by atoms with Crippen LogP contribution in [0.15, 0.2) is 4.40 Å². The van der Waals surface area contributed by atoms with Crippen LogP contribution < -0.4 is 0 Å². The zero-order valence-electron chi connectivity index (χ0n) is 6.98. The Morgan fingerprint density at radius 2 is 2.40 bits per heavy atom. The molecular weight excluding hydrogens is 142 g/mol. The van der Waals surface area contributed by atoms with Crippen molar-refractivity contribution in [3.8, 4) is 0 Å². The van der Waals surface area contributed by atoms with E-state index in [4.69, 9.17) is 0 Å². The van der Waals surface area contributed by atoms with Gasteiger partial charge in [-0.05, 0) is 37.1 Å². The van der Waals surface area contributed by atoms with Crippen LogP contribution in [0.25, 0.3) is 0 Å². The van der Waals surface area contributed by atoms with Crippen molar-refractivity contribution in [3.05, 3.63) is 0 Å². The lowest BCUT2D eigenvalue weighted by molar-refractivity contribution is 0.374. The highest BCUT2D eigenvalue weighted by Gasteiger charge is 2.25. The molecular formula is C8H15NS. The third kappa shape index (κ3) is 1.75. The maximum Gasteiger partial charge on any atom is 0.0237 e. The summed E-state index contributed by atoms with van der Waals surface area (Å²) in [7, 11) is 0. The lowest BCUT2D eigenvalue weighted by Crippen LogP contribution is -2.24. The van der Waals surface area contributed by atoms with Gasteiger partial charge in [0, 0.05) is 11.5 Å². The van der Waals surface area contributed by atoms with Gasteiger partial charge in [0.05, 0.1) is 0 Å². The van der Waals surface area contributed by atoms with E-state index in [0.717, 1.165) is 0 Å². The predicted molar refractivity (Wildman–Crippen MR) is 48.6 cm³/mol. The lowest BCUT2D eigenvalue weighted by atomic mass is 9.84. The molecule has 1 heterocycles. The average molecular weight is 157 g/mol. The molecule has 0 aliphatic carbocycles. The van der Waals surface area contributed by atoms with Gasteiger partial charge in [-0.15, -0.1) is 0 Å². The van der Waals surface area contributed by atoms with E-state index >= 15 is 0 Å². The molecule has 0 bridgehead atoms. The highest BCUT2D eigenvalue weighted by Crippen LogP contribution is 2.35. The van der Waals surface area contributed by atoms with E-state index in [1.807, 2.05) is 0 Å². The van der Waals surface area contributed by atoms with Crippen molar-refractivity contribution >= 4 is 17.7 Å². The summed E-state index contributed by atoms with van der Waals surface area (Å²) in [5, 5.41) is 0. The normalized spacial score (nSPS) is 33.7. The van der Waals surface area contributed by atoms with E-state index in [1.54, 1.807) is 11.9 Å². The summed E-state index contributed by atoms with van der Waals surface area (Å²) in [6, 6.07) is 0. The molecule has 0 saturated heterocycles. The molecule has 1 aliphatic heterocycles. The van der Waals surface area contributed by atoms with Gasteiger partial charge in [0.25, 0.3) is 0 Å². The first-order valence-electron chi connectivity index (χ1n) is 3.82. The molecule has 1 unspecified atom stereocenters. The molecule has 2 heteroatoms. The second kappa shape index (κ2) is 2.95. The highest BCUT2D eigenvalue weighted by molar-refractivity contribution is 7.98. The molecule has 0 radical (unpaired) electrons. The Morgan fingerprint density at radius 1 is 1.70 bits per heavy atom. The first-order valence-corrected chi connectivity index (χ1v) is 4.76. The Morgan fingerprint density at radius 3 is 2.80 bits per heavy atom. The molecule has 1 atom stereocenters. The Labute approximate surface area is 67.4 Å². The van der Waals surface area contributed by atoms with Crippen molar-refractivity contribution in [3.63, 3.8) is 0 Å². The number of hydrogen-bond donors (Lipinski definition) is 0. The quantitative estimate of drug-likeness (QED) is 0.533. The van der Waals surface area contributed by atoms with Gasteiger partial charge in [-0.2, -0.15) is 0 Å². The summed E-state index contributed by atoms with van der Waals surface area (Å²) < 4.78 is 4.31. The zero-order chi connectivity index (χ0) is 7.61. The number of rotatable bonds is 1. The molecule has 0 aromatic rings. The SMILES string of the molecule is CCC1(C)CSN=C(C)C1. The molecule has 0 spiro atoms. The zero-order valence-corrected chi connectivity index (χ0v) is 7.79. The predicted octanol–water partition coefficient (Wildman–Crippen LogP) is 2.92. The molecule has 0 amide bonds. The van der Waals surface area contributed by atoms with Gasteiger partial charge in [-0.25, -0.2) is 4.40 Å². The van der Waals surface area contributed by atoms with Crippen LogP contribution in [-0.2, 0) is 0 Å². The Bertz CT molecular complexity index is 153. The second-order valence-electron chi connectivity index (χ2n) is 3.44. The van der Waals surface area contributed by atoms with Crippen molar-refractivity contribution in [2.75, 3.05) is 5.75 Å². The molecule has 1 nitrogen and oxygen atoms in total. The fourth-order valence-electron chi connectivity index (χ4n) is 1.23. The van der Waals surface area contributed by atoms with E-state index in [2.05, 4.69) is 25.2 Å². The second-order valence-corrected chi connectivity index (χ2v) is 4.17. The minimum atomic E-state index is 0.524. The van der Waals surface area contributed by atoms with Crippen LogP contribution in [0.2, 0.25) is 0 Å². The van der Waals surface area contributed by atoms with E-state index in [-0.39, 0.29) is 0 Å². The monoisotopic (exact) mass is 157 g/mol. The highest BCUT2D eigenvalue weighted by atomic mass is 32.2. The summed E-state index contributed by atoms with van der Waals surface area (Å²) in [4.78, 5) is 0. The van der Waals surface area contributed by atoms with Crippen molar-refractivity contribution in [1.29, 1.82) is 0 Å². The van der Waals surface area contributed by atoms with Gasteiger partial charge in [-0.1, -0.05) is 13.8 Å². The Hall–Kier alpha value is 0.0200. The van der Waals surface area contributed by atoms with Crippen LogP contribution in [-0.4, -0.2) is 11.5 Å². The molecule has 0 aromatic heterocycles. The smallest absolute Gasteiger partial charge is 0.0237 e. The van der Waals surface area contributed by atoms with Gasteiger partial charge in [0.1, 0.15) is 0 Å². The minimum absolute atomic E-state index is 0.524. The molecule has 58 valence electrons. The van der Waals surface area contributed by atoms with E-state index in [0.29, 0.717) is 5.41 Å². The number of hydrogen-bond acceptors (Lipinski definition) is 2. The molecule has 0 N–H and O–H groups in total. The van der Waals surface area contributed by atoms with Gasteiger partial charge < -0.3 is 0 Å². The molecule has 1 rings (SSSR count). The van der Waals surface area contributed by atoms with Gasteiger partial charge in [0.2, 0.25) is 0 Å². The van der Waals surface area contributed by atoms with Gasteiger partial charge in [-0.3, -0.25) is 0 Å². The maximum atomic E-state index is 4.31. The molecule has 0 aromatic carbocycles. The minimum Gasteiger partial charge on any atom is -0.226 e. The summed E-state index contributed by atoms with van der Waals surface area (Å²) in [6.45, 7) is 6.73. The van der Waals surface area contributed by atoms with Crippen LogP contribution in [0.1, 0.15) is 33.6 Å². The van der Waals surface area contributed by atoms with E-state index in [9.17, 15) is 0 Å². The van der Waals surface area contributed by atoms with Crippen molar-refractivity contribution < 1.29 is 0 Å². The van der Waals surface area contributed by atoms with Crippen molar-refractivity contribution in [2.24, 2.45) is 9.81 Å². The van der Waals surface area contributed by atoms with Crippen molar-refractivity contribution in [2.45, 2.75) is 33.6 Å². The molecule has 0 saturated carbocycles. The van der Waals surface area contributed by atoms with Crippen LogP contribution in [0.4, 0.5) is 0 Å².